The number of rotatable bonds is 0. The van der Waals surface area contributed by atoms with Gasteiger partial charge in [-0.15, -0.1) is 0 Å². The van der Waals surface area contributed by atoms with Gasteiger partial charge in [-0.3, -0.25) is 0 Å². The summed E-state index contributed by atoms with van der Waals surface area (Å²) in [5.74, 6) is 0. The molecule has 7 heavy (non-hydrogen) atoms. The molecule has 0 aliphatic rings. The van der Waals surface area contributed by atoms with Crippen LogP contribution in [-0.4, -0.2) is 14.5 Å². The van der Waals surface area contributed by atoms with E-state index in [0.29, 0.717) is 14.5 Å². The Kier molecular flexibility index (Phi) is 1.80. The van der Waals surface area contributed by atoms with Crippen molar-refractivity contribution in [3.63, 3.8) is 0 Å². The Morgan fingerprint density at radius 1 is 1.29 bits per heavy atom. The van der Waals surface area contributed by atoms with Crippen LogP contribution in [0.4, 0.5) is 0 Å². The van der Waals surface area contributed by atoms with E-state index in [0.717, 1.165) is 4.51 Å². The molecular weight excluding hydrogens is 171 g/mol. The number of hydrogen-bond donors (Lipinski definition) is 0. The predicted octanol–water partition coefficient (Wildman–Crippen LogP) is 1.47. The molecule has 2 heteroatoms. The summed E-state index contributed by atoms with van der Waals surface area (Å²) in [5, 5.41) is 0. The van der Waals surface area contributed by atoms with Crippen LogP contribution in [0.3, 0.4) is 0 Å². The van der Waals surface area contributed by atoms with E-state index in [9.17, 15) is 0 Å². The van der Waals surface area contributed by atoms with Gasteiger partial charge in [0.25, 0.3) is 0 Å². The first-order valence-electron chi connectivity index (χ1n) is 1.92. The Bertz CT molecular complexity index is 174. The summed E-state index contributed by atoms with van der Waals surface area (Å²) in [6.45, 7) is 0. The molecule has 0 saturated carbocycles. The van der Waals surface area contributed by atoms with Crippen LogP contribution in [0.2, 0.25) is 0 Å². The van der Waals surface area contributed by atoms with Crippen molar-refractivity contribution in [2.24, 2.45) is 0 Å². The van der Waals surface area contributed by atoms with E-state index in [4.69, 9.17) is 12.2 Å². The van der Waals surface area contributed by atoms with Gasteiger partial charge in [-0.25, -0.2) is 0 Å². The van der Waals surface area contributed by atoms with Crippen molar-refractivity contribution in [2.75, 3.05) is 0 Å². The Balaban J connectivity index is 3.28. The third-order valence-electron chi connectivity index (χ3n) is 0.622. The summed E-state index contributed by atoms with van der Waals surface area (Å²) in [4.78, 5) is 4.24. The third kappa shape index (κ3) is 1.56. The average molecular weight is 175 g/mol. The first-order chi connectivity index (χ1) is 3.39. The molecule has 0 spiro atoms. The first kappa shape index (κ1) is 5.23. The standard InChI is InChI=1S/C5H4SSe/c6-5-1-3-7-4-2-5/h1-4H. The topological polar surface area (TPSA) is 0 Å². The van der Waals surface area contributed by atoms with Crippen molar-refractivity contribution in [1.82, 2.24) is 0 Å². The van der Waals surface area contributed by atoms with Crippen molar-refractivity contribution in [3.05, 3.63) is 26.5 Å². The van der Waals surface area contributed by atoms with Crippen molar-refractivity contribution < 1.29 is 0 Å². The number of hydrogen-bond acceptors (Lipinski definition) is 1. The summed E-state index contributed by atoms with van der Waals surface area (Å²) in [6.07, 6.45) is 0. The van der Waals surface area contributed by atoms with E-state index >= 15 is 0 Å². The van der Waals surface area contributed by atoms with Crippen molar-refractivity contribution in [2.45, 2.75) is 0 Å². The Labute approximate surface area is 53.6 Å². The maximum absolute atomic E-state index is 4.84. The van der Waals surface area contributed by atoms with Crippen LogP contribution >= 0.6 is 12.2 Å². The van der Waals surface area contributed by atoms with E-state index in [2.05, 4.69) is 9.88 Å². The zero-order valence-corrected chi connectivity index (χ0v) is 6.16. The second kappa shape index (κ2) is 2.41. The van der Waals surface area contributed by atoms with Gasteiger partial charge in [0.1, 0.15) is 0 Å². The zero-order valence-electron chi connectivity index (χ0n) is 3.63. The van der Waals surface area contributed by atoms with Crippen LogP contribution in [0, 0.1) is 4.51 Å². The van der Waals surface area contributed by atoms with Gasteiger partial charge in [0.2, 0.25) is 0 Å². The van der Waals surface area contributed by atoms with Crippen LogP contribution in [0.15, 0.2) is 22.0 Å². The molecule has 0 fully saturated rings. The molecule has 0 radical (unpaired) electrons. The molecule has 1 heterocycles. The van der Waals surface area contributed by atoms with Crippen molar-refractivity contribution >= 4 is 26.7 Å². The van der Waals surface area contributed by atoms with Crippen LogP contribution in [0.5, 0.6) is 0 Å². The second-order valence-electron chi connectivity index (χ2n) is 1.14. The summed E-state index contributed by atoms with van der Waals surface area (Å²) in [6, 6.07) is 3.96. The zero-order chi connectivity index (χ0) is 5.11. The van der Waals surface area contributed by atoms with Gasteiger partial charge in [0.15, 0.2) is 0 Å². The van der Waals surface area contributed by atoms with Crippen LogP contribution < -0.4 is 0 Å². The fourth-order valence-corrected chi connectivity index (χ4v) is 1.97. The molecule has 0 amide bonds. The molecule has 0 N–H and O–H groups in total. The minimum absolute atomic E-state index is 0.586. The normalized spacial score (nSPS) is 8.57. The second-order valence-corrected chi connectivity index (χ2v) is 3.33. The molecule has 0 aliphatic heterocycles. The van der Waals surface area contributed by atoms with E-state index in [-0.39, 0.29) is 0 Å². The molecular formula is C5H4SSe. The minimum atomic E-state index is 0.586. The van der Waals surface area contributed by atoms with Gasteiger partial charge in [0, 0.05) is 0 Å². The molecule has 1 rings (SSSR count). The molecule has 0 aliphatic carbocycles. The van der Waals surface area contributed by atoms with Gasteiger partial charge in [-0.05, 0) is 0 Å². The molecule has 0 aromatic carbocycles. The van der Waals surface area contributed by atoms with Gasteiger partial charge in [-0.2, -0.15) is 0 Å². The first-order valence-corrected chi connectivity index (χ1v) is 4.31. The predicted molar refractivity (Wildman–Crippen MR) is 34.2 cm³/mol. The third-order valence-corrected chi connectivity index (χ3v) is 2.12. The summed E-state index contributed by atoms with van der Waals surface area (Å²) < 4.78 is 0.952. The Morgan fingerprint density at radius 3 is 2.14 bits per heavy atom. The van der Waals surface area contributed by atoms with Crippen LogP contribution in [0.1, 0.15) is 0 Å². The van der Waals surface area contributed by atoms with Crippen molar-refractivity contribution in [3.8, 4) is 0 Å². The van der Waals surface area contributed by atoms with Gasteiger partial charge < -0.3 is 0 Å². The van der Waals surface area contributed by atoms with Gasteiger partial charge in [-0.1, -0.05) is 0 Å². The fourth-order valence-electron chi connectivity index (χ4n) is 0.314. The van der Waals surface area contributed by atoms with Gasteiger partial charge in [0.05, 0.1) is 0 Å². The fraction of sp³-hybridized carbons (Fsp3) is 0. The van der Waals surface area contributed by atoms with E-state index in [1.54, 1.807) is 0 Å². The SMILES string of the molecule is S=c1cc[se]cc1. The molecule has 0 atom stereocenters. The Morgan fingerprint density at radius 2 is 1.86 bits per heavy atom. The van der Waals surface area contributed by atoms with E-state index in [1.165, 1.54) is 0 Å². The summed E-state index contributed by atoms with van der Waals surface area (Å²) in [5.41, 5.74) is 0. The van der Waals surface area contributed by atoms with Crippen LogP contribution in [0.25, 0.3) is 0 Å². The van der Waals surface area contributed by atoms with E-state index < -0.39 is 0 Å². The monoisotopic (exact) mass is 176 g/mol. The average Bonchev–Trinajstić information content (AvgIpc) is 1.69. The summed E-state index contributed by atoms with van der Waals surface area (Å²) in [7, 11) is 0. The molecule has 1 aromatic rings. The Hall–Kier alpha value is 0.0895. The van der Waals surface area contributed by atoms with Crippen molar-refractivity contribution in [1.29, 1.82) is 0 Å². The van der Waals surface area contributed by atoms with E-state index in [1.807, 2.05) is 12.1 Å². The quantitative estimate of drug-likeness (QED) is 0.425. The molecule has 0 nitrogen and oxygen atoms in total. The maximum atomic E-state index is 4.84. The van der Waals surface area contributed by atoms with Gasteiger partial charge >= 0.3 is 53.2 Å². The summed E-state index contributed by atoms with van der Waals surface area (Å²) >= 11 is 5.43. The molecule has 0 unspecified atom stereocenters. The van der Waals surface area contributed by atoms with Crippen LogP contribution in [-0.2, 0) is 0 Å². The molecule has 0 bridgehead atoms. The molecule has 0 saturated heterocycles. The molecule has 36 valence electrons. The molecule has 1 aromatic heterocycles.